The highest BCUT2D eigenvalue weighted by Crippen LogP contribution is 2.18. The predicted octanol–water partition coefficient (Wildman–Crippen LogP) is 3.76. The number of Topliss-reactive ketones (excluding diaryl/α,β-unsaturated/α-hetero) is 1. The molecule has 0 saturated carbocycles. The van der Waals surface area contributed by atoms with Gasteiger partial charge in [0.2, 0.25) is 0 Å². The minimum atomic E-state index is -0.730. The summed E-state index contributed by atoms with van der Waals surface area (Å²) >= 11 is 0. The number of carbonyl (C=O) groups is 3. The van der Waals surface area contributed by atoms with Crippen LogP contribution in [0, 0.1) is 5.92 Å². The second-order valence-electron chi connectivity index (χ2n) is 6.55. The number of carboxylic acid groups (broad SMARTS) is 1. The van der Waals surface area contributed by atoms with E-state index in [-0.39, 0.29) is 24.1 Å². The summed E-state index contributed by atoms with van der Waals surface area (Å²) in [7, 11) is 1.46. The molecule has 0 aliphatic heterocycles. The van der Waals surface area contributed by atoms with Crippen LogP contribution in [0.15, 0.2) is 0 Å². The molecule has 2 unspecified atom stereocenters. The first-order valence-corrected chi connectivity index (χ1v) is 9.30. The highest BCUT2D eigenvalue weighted by molar-refractivity contribution is 5.78. The summed E-state index contributed by atoms with van der Waals surface area (Å²) in [6.07, 6.45) is 7.87. The molecule has 0 spiro atoms. The Balaban J connectivity index is 3.73. The van der Waals surface area contributed by atoms with Crippen molar-refractivity contribution < 1.29 is 29.0 Å². The molecule has 0 aromatic carbocycles. The van der Waals surface area contributed by atoms with Crippen LogP contribution in [0.4, 0.5) is 0 Å². The molecule has 1 N–H and O–H groups in total. The molecule has 25 heavy (non-hydrogen) atoms. The topological polar surface area (TPSA) is 89.9 Å². The van der Waals surface area contributed by atoms with Gasteiger partial charge in [-0.25, -0.2) is 4.79 Å². The molecule has 6 nitrogen and oxygen atoms in total. The zero-order valence-corrected chi connectivity index (χ0v) is 15.9. The number of ether oxygens (including phenoxy) is 2. The average Bonchev–Trinajstić information content (AvgIpc) is 2.57. The maximum Gasteiger partial charge on any atom is 0.334 e. The zero-order valence-electron chi connectivity index (χ0n) is 15.9. The Labute approximate surface area is 151 Å². The molecule has 0 heterocycles. The molecule has 0 aliphatic rings. The van der Waals surface area contributed by atoms with E-state index in [4.69, 9.17) is 14.6 Å². The molecule has 0 bridgehead atoms. The quantitative estimate of drug-likeness (QED) is 0.334. The van der Waals surface area contributed by atoms with Crippen molar-refractivity contribution in [3.63, 3.8) is 0 Å². The minimum Gasteiger partial charge on any atom is -0.481 e. The van der Waals surface area contributed by atoms with E-state index >= 15 is 0 Å². The second-order valence-corrected chi connectivity index (χ2v) is 6.55. The molecule has 0 rings (SSSR count). The first kappa shape index (κ1) is 23.6. The fourth-order valence-corrected chi connectivity index (χ4v) is 2.64. The number of hydrogen-bond donors (Lipinski definition) is 1. The highest BCUT2D eigenvalue weighted by atomic mass is 16.6. The second kappa shape index (κ2) is 14.9. The van der Waals surface area contributed by atoms with Crippen molar-refractivity contribution in [3.05, 3.63) is 0 Å². The lowest BCUT2D eigenvalue weighted by molar-refractivity contribution is -0.154. The van der Waals surface area contributed by atoms with Gasteiger partial charge in [-0.15, -0.1) is 0 Å². The van der Waals surface area contributed by atoms with Crippen molar-refractivity contribution >= 4 is 17.7 Å². The maximum atomic E-state index is 11.7. The van der Waals surface area contributed by atoms with E-state index in [1.807, 2.05) is 0 Å². The number of unbranched alkanes of at least 4 members (excludes halogenated alkanes) is 5. The Kier molecular flexibility index (Phi) is 14.0. The van der Waals surface area contributed by atoms with E-state index < -0.39 is 12.1 Å². The van der Waals surface area contributed by atoms with Gasteiger partial charge in [0.1, 0.15) is 5.78 Å². The summed E-state index contributed by atoms with van der Waals surface area (Å²) < 4.78 is 9.99. The fourth-order valence-electron chi connectivity index (χ4n) is 2.64. The van der Waals surface area contributed by atoms with Crippen LogP contribution in [0.5, 0.6) is 0 Å². The number of aliphatic carboxylic acids is 1. The Bertz CT molecular complexity index is 393. The Hall–Kier alpha value is -1.43. The van der Waals surface area contributed by atoms with E-state index in [2.05, 4.69) is 0 Å². The summed E-state index contributed by atoms with van der Waals surface area (Å²) in [4.78, 5) is 33.6. The summed E-state index contributed by atoms with van der Waals surface area (Å²) in [6.45, 7) is 3.58. The molecule has 0 aromatic heterocycles. The lowest BCUT2D eigenvalue weighted by Gasteiger charge is -2.14. The summed E-state index contributed by atoms with van der Waals surface area (Å²) in [6, 6.07) is 0. The number of rotatable bonds is 16. The Morgan fingerprint density at radius 3 is 2.04 bits per heavy atom. The van der Waals surface area contributed by atoms with Crippen molar-refractivity contribution in [1.29, 1.82) is 0 Å². The third-order valence-electron chi connectivity index (χ3n) is 4.39. The number of methoxy groups -OCH3 is 1. The summed E-state index contributed by atoms with van der Waals surface area (Å²) in [5.74, 6) is -0.875. The Morgan fingerprint density at radius 1 is 0.920 bits per heavy atom. The van der Waals surface area contributed by atoms with E-state index in [1.165, 1.54) is 7.11 Å². The predicted molar refractivity (Wildman–Crippen MR) is 95.4 cm³/mol. The van der Waals surface area contributed by atoms with Crippen LogP contribution in [0.25, 0.3) is 0 Å². The van der Waals surface area contributed by atoms with Crippen LogP contribution in [0.1, 0.15) is 78.1 Å². The first-order valence-electron chi connectivity index (χ1n) is 9.30. The molecular formula is C19H34O6. The fraction of sp³-hybridized carbons (Fsp3) is 0.842. The van der Waals surface area contributed by atoms with Crippen molar-refractivity contribution in [3.8, 4) is 0 Å². The lowest BCUT2D eigenvalue weighted by Crippen LogP contribution is -2.22. The largest absolute Gasteiger partial charge is 0.481 e. The van der Waals surface area contributed by atoms with Gasteiger partial charge in [-0.1, -0.05) is 32.1 Å². The summed E-state index contributed by atoms with van der Waals surface area (Å²) in [5.41, 5.74) is 0. The first-order chi connectivity index (χ1) is 11.9. The van der Waals surface area contributed by atoms with E-state index in [9.17, 15) is 14.4 Å². The lowest BCUT2D eigenvalue weighted by atomic mass is 9.92. The van der Waals surface area contributed by atoms with E-state index in [0.29, 0.717) is 13.0 Å². The minimum absolute atomic E-state index is 0.0329. The van der Waals surface area contributed by atoms with Crippen molar-refractivity contribution in [2.24, 2.45) is 5.92 Å². The molecule has 0 fully saturated rings. The molecular weight excluding hydrogens is 324 g/mol. The highest BCUT2D eigenvalue weighted by Gasteiger charge is 2.15. The summed E-state index contributed by atoms with van der Waals surface area (Å²) in [5, 5.41) is 8.56. The Morgan fingerprint density at radius 2 is 1.48 bits per heavy atom. The maximum absolute atomic E-state index is 11.7. The van der Waals surface area contributed by atoms with E-state index in [1.54, 1.807) is 13.8 Å². The molecule has 146 valence electrons. The van der Waals surface area contributed by atoms with Gasteiger partial charge >= 0.3 is 11.9 Å². The van der Waals surface area contributed by atoms with Crippen molar-refractivity contribution in [1.82, 2.24) is 0 Å². The van der Waals surface area contributed by atoms with Gasteiger partial charge < -0.3 is 14.6 Å². The molecule has 2 atom stereocenters. The van der Waals surface area contributed by atoms with Gasteiger partial charge in [0.15, 0.2) is 6.10 Å². The van der Waals surface area contributed by atoms with Gasteiger partial charge in [0.05, 0.1) is 6.61 Å². The molecule has 0 radical (unpaired) electrons. The monoisotopic (exact) mass is 358 g/mol. The number of ketones is 1. The normalized spacial score (nSPS) is 13.2. The van der Waals surface area contributed by atoms with Crippen molar-refractivity contribution in [2.45, 2.75) is 84.2 Å². The van der Waals surface area contributed by atoms with Crippen LogP contribution < -0.4 is 0 Å². The third-order valence-corrected chi connectivity index (χ3v) is 4.39. The van der Waals surface area contributed by atoms with Gasteiger partial charge in [-0.05, 0) is 39.5 Å². The van der Waals surface area contributed by atoms with Gasteiger partial charge in [-0.2, -0.15) is 0 Å². The number of carboxylic acids is 1. The smallest absolute Gasteiger partial charge is 0.334 e. The van der Waals surface area contributed by atoms with E-state index in [0.717, 1.165) is 51.4 Å². The number of carbonyl (C=O) groups excluding carboxylic acids is 2. The SMILES string of the molecule is COC(C)C(=O)OCCCC(CCCCCCCCC(=O)O)C(C)=O. The third kappa shape index (κ3) is 13.5. The van der Waals surface area contributed by atoms with Crippen LogP contribution in [-0.2, 0) is 23.9 Å². The number of esters is 1. The molecule has 0 aromatic rings. The molecule has 6 heteroatoms. The van der Waals surface area contributed by atoms with Gasteiger partial charge in [0.25, 0.3) is 0 Å². The van der Waals surface area contributed by atoms with Gasteiger partial charge in [0, 0.05) is 19.4 Å². The van der Waals surface area contributed by atoms with Crippen LogP contribution in [-0.4, -0.2) is 42.6 Å². The average molecular weight is 358 g/mol. The van der Waals surface area contributed by atoms with Crippen LogP contribution in [0.3, 0.4) is 0 Å². The van der Waals surface area contributed by atoms with Gasteiger partial charge in [-0.3, -0.25) is 9.59 Å². The van der Waals surface area contributed by atoms with Crippen molar-refractivity contribution in [2.75, 3.05) is 13.7 Å². The van der Waals surface area contributed by atoms with Crippen LogP contribution >= 0.6 is 0 Å². The zero-order chi connectivity index (χ0) is 19.1. The van der Waals surface area contributed by atoms with Crippen LogP contribution in [0.2, 0.25) is 0 Å². The standard InChI is InChI=1S/C19H34O6/c1-15(20)17(12-10-14-25-19(23)16(2)24-3)11-8-6-4-5-7-9-13-18(21)22/h16-17H,4-14H2,1-3H3,(H,21,22). The molecule has 0 amide bonds. The molecule has 0 aliphatic carbocycles. The number of hydrogen-bond acceptors (Lipinski definition) is 5. The molecule has 0 saturated heterocycles.